The first kappa shape index (κ1) is 15.6. The maximum atomic E-state index is 12.3. The van der Waals surface area contributed by atoms with Crippen molar-refractivity contribution in [1.29, 1.82) is 0 Å². The zero-order chi connectivity index (χ0) is 15.3. The van der Waals surface area contributed by atoms with E-state index in [2.05, 4.69) is 10.4 Å². The highest BCUT2D eigenvalue weighted by Gasteiger charge is 2.18. The van der Waals surface area contributed by atoms with Gasteiger partial charge < -0.3 is 5.32 Å². The van der Waals surface area contributed by atoms with Gasteiger partial charge in [-0.25, -0.2) is 8.42 Å². The molecule has 114 valence electrons. The van der Waals surface area contributed by atoms with Crippen LogP contribution in [-0.2, 0) is 16.4 Å². The van der Waals surface area contributed by atoms with Gasteiger partial charge in [-0.05, 0) is 31.5 Å². The van der Waals surface area contributed by atoms with Gasteiger partial charge in [-0.15, -0.1) is 0 Å². The topological polar surface area (TPSA) is 64.0 Å². The molecule has 0 radical (unpaired) electrons. The van der Waals surface area contributed by atoms with Crippen molar-refractivity contribution in [2.45, 2.75) is 37.8 Å². The van der Waals surface area contributed by atoms with Crippen LogP contribution in [0.3, 0.4) is 0 Å². The molecule has 0 bridgehead atoms. The third kappa shape index (κ3) is 4.07. The van der Waals surface area contributed by atoms with Gasteiger partial charge in [0.25, 0.3) is 0 Å². The summed E-state index contributed by atoms with van der Waals surface area (Å²) >= 11 is 0. The summed E-state index contributed by atoms with van der Waals surface area (Å²) in [6.45, 7) is 4.55. The summed E-state index contributed by atoms with van der Waals surface area (Å²) < 4.78 is 26.4. The third-order valence-corrected chi connectivity index (χ3v) is 5.09. The van der Waals surface area contributed by atoms with E-state index in [1.807, 2.05) is 42.9 Å². The Kier molecular flexibility index (Phi) is 5.01. The number of anilines is 1. The minimum Gasteiger partial charge on any atom is -0.380 e. The minimum atomic E-state index is -3.23. The number of hydrogen-bond acceptors (Lipinski definition) is 4. The first-order valence-corrected chi connectivity index (χ1v) is 8.74. The molecule has 1 atom stereocenters. The fraction of sp³-hybridized carbons (Fsp3) is 0.400. The standard InChI is InChI=1S/C15H21N3O2S/c1-3-11-21(19,20)15-8-5-4-7-14(15)17-13(2)12-18-10-6-9-16-18/h4-10,13,17H,3,11-12H2,1-2H3. The molecule has 0 amide bonds. The van der Waals surface area contributed by atoms with Gasteiger partial charge in [-0.3, -0.25) is 4.68 Å². The van der Waals surface area contributed by atoms with Crippen LogP contribution in [-0.4, -0.2) is 30.0 Å². The molecule has 1 N–H and O–H groups in total. The Hall–Kier alpha value is -1.82. The second-order valence-electron chi connectivity index (χ2n) is 5.09. The minimum absolute atomic E-state index is 0.0721. The number of sulfone groups is 1. The fourth-order valence-electron chi connectivity index (χ4n) is 2.24. The quantitative estimate of drug-likeness (QED) is 0.854. The smallest absolute Gasteiger partial charge is 0.180 e. The average Bonchev–Trinajstić information content (AvgIpc) is 2.91. The lowest BCUT2D eigenvalue weighted by Crippen LogP contribution is -2.23. The van der Waals surface area contributed by atoms with Crippen LogP contribution in [0.2, 0.25) is 0 Å². The summed E-state index contributed by atoms with van der Waals surface area (Å²) in [6, 6.07) is 9.00. The van der Waals surface area contributed by atoms with E-state index >= 15 is 0 Å². The normalized spacial score (nSPS) is 13.0. The predicted octanol–water partition coefficient (Wildman–Crippen LogP) is 2.57. The van der Waals surface area contributed by atoms with E-state index in [1.54, 1.807) is 18.3 Å². The van der Waals surface area contributed by atoms with E-state index in [0.29, 0.717) is 23.5 Å². The van der Waals surface area contributed by atoms with Gasteiger partial charge in [-0.2, -0.15) is 5.10 Å². The van der Waals surface area contributed by atoms with Gasteiger partial charge in [0, 0.05) is 18.4 Å². The van der Waals surface area contributed by atoms with Crippen LogP contribution < -0.4 is 5.32 Å². The molecular formula is C15H21N3O2S. The lowest BCUT2D eigenvalue weighted by Gasteiger charge is -2.18. The number of hydrogen-bond donors (Lipinski definition) is 1. The molecule has 1 aromatic carbocycles. The highest BCUT2D eigenvalue weighted by atomic mass is 32.2. The van der Waals surface area contributed by atoms with E-state index < -0.39 is 9.84 Å². The molecule has 2 aromatic rings. The van der Waals surface area contributed by atoms with Crippen molar-refractivity contribution in [3.05, 3.63) is 42.7 Å². The predicted molar refractivity (Wildman–Crippen MR) is 84.1 cm³/mol. The largest absolute Gasteiger partial charge is 0.380 e. The lowest BCUT2D eigenvalue weighted by molar-refractivity contribution is 0.559. The van der Waals surface area contributed by atoms with Gasteiger partial charge in [0.05, 0.1) is 22.9 Å². The Balaban J connectivity index is 2.17. The first-order valence-electron chi connectivity index (χ1n) is 7.08. The van der Waals surface area contributed by atoms with E-state index in [9.17, 15) is 8.42 Å². The molecular weight excluding hydrogens is 286 g/mol. The first-order chi connectivity index (χ1) is 10.0. The molecule has 0 saturated heterocycles. The summed E-state index contributed by atoms with van der Waals surface area (Å²) in [7, 11) is -3.23. The Morgan fingerprint density at radius 1 is 1.29 bits per heavy atom. The molecule has 1 heterocycles. The van der Waals surface area contributed by atoms with Crippen LogP contribution in [0.4, 0.5) is 5.69 Å². The molecule has 5 nitrogen and oxygen atoms in total. The zero-order valence-electron chi connectivity index (χ0n) is 12.4. The summed E-state index contributed by atoms with van der Waals surface area (Å²) in [6.07, 6.45) is 4.23. The van der Waals surface area contributed by atoms with Crippen molar-refractivity contribution in [3.63, 3.8) is 0 Å². The van der Waals surface area contributed by atoms with Gasteiger partial charge in [-0.1, -0.05) is 19.1 Å². The molecule has 1 unspecified atom stereocenters. The van der Waals surface area contributed by atoms with Gasteiger partial charge in [0.1, 0.15) is 0 Å². The Morgan fingerprint density at radius 2 is 2.05 bits per heavy atom. The van der Waals surface area contributed by atoms with Crippen molar-refractivity contribution in [2.24, 2.45) is 0 Å². The van der Waals surface area contributed by atoms with Crippen LogP contribution in [0.15, 0.2) is 47.6 Å². The molecule has 2 rings (SSSR count). The molecule has 0 aliphatic carbocycles. The van der Waals surface area contributed by atoms with E-state index in [0.717, 1.165) is 0 Å². The van der Waals surface area contributed by atoms with Crippen molar-refractivity contribution < 1.29 is 8.42 Å². The van der Waals surface area contributed by atoms with Gasteiger partial charge >= 0.3 is 0 Å². The molecule has 0 saturated carbocycles. The zero-order valence-corrected chi connectivity index (χ0v) is 13.2. The van der Waals surface area contributed by atoms with Crippen molar-refractivity contribution in [3.8, 4) is 0 Å². The summed E-state index contributed by atoms with van der Waals surface area (Å²) in [5.41, 5.74) is 0.658. The van der Waals surface area contributed by atoms with E-state index in [4.69, 9.17) is 0 Å². The second kappa shape index (κ2) is 6.76. The third-order valence-electron chi connectivity index (χ3n) is 3.12. The van der Waals surface area contributed by atoms with E-state index in [1.165, 1.54) is 0 Å². The van der Waals surface area contributed by atoms with Gasteiger partial charge in [0.2, 0.25) is 0 Å². The number of aromatic nitrogens is 2. The highest BCUT2D eigenvalue weighted by Crippen LogP contribution is 2.23. The SMILES string of the molecule is CCCS(=O)(=O)c1ccccc1NC(C)Cn1cccn1. The van der Waals surface area contributed by atoms with E-state index in [-0.39, 0.29) is 11.8 Å². The molecule has 6 heteroatoms. The van der Waals surface area contributed by atoms with Crippen molar-refractivity contribution in [1.82, 2.24) is 9.78 Å². The number of para-hydroxylation sites is 1. The maximum absolute atomic E-state index is 12.3. The Labute approximate surface area is 125 Å². The number of nitrogens with zero attached hydrogens (tertiary/aromatic N) is 2. The number of rotatable bonds is 7. The summed E-state index contributed by atoms with van der Waals surface area (Å²) in [5.74, 6) is 0.166. The lowest BCUT2D eigenvalue weighted by atomic mass is 10.2. The summed E-state index contributed by atoms with van der Waals surface area (Å²) in [5, 5.41) is 7.43. The van der Waals surface area contributed by atoms with Crippen LogP contribution in [0.5, 0.6) is 0 Å². The second-order valence-corrected chi connectivity index (χ2v) is 7.17. The van der Waals surface area contributed by atoms with Gasteiger partial charge in [0.15, 0.2) is 9.84 Å². The highest BCUT2D eigenvalue weighted by molar-refractivity contribution is 7.91. The summed E-state index contributed by atoms with van der Waals surface area (Å²) in [4.78, 5) is 0.374. The van der Waals surface area contributed by atoms with Crippen LogP contribution >= 0.6 is 0 Å². The molecule has 1 aromatic heterocycles. The van der Waals surface area contributed by atoms with Crippen molar-refractivity contribution >= 4 is 15.5 Å². The molecule has 0 aliphatic heterocycles. The molecule has 0 aliphatic rings. The number of nitrogens with one attached hydrogen (secondary N) is 1. The molecule has 21 heavy (non-hydrogen) atoms. The maximum Gasteiger partial charge on any atom is 0.180 e. The van der Waals surface area contributed by atoms with Crippen LogP contribution in [0, 0.1) is 0 Å². The molecule has 0 spiro atoms. The van der Waals surface area contributed by atoms with Crippen LogP contribution in [0.25, 0.3) is 0 Å². The Bertz CT molecular complexity index is 666. The van der Waals surface area contributed by atoms with Crippen molar-refractivity contribution in [2.75, 3.05) is 11.1 Å². The fourth-order valence-corrected chi connectivity index (χ4v) is 3.74. The monoisotopic (exact) mass is 307 g/mol. The number of benzene rings is 1. The Morgan fingerprint density at radius 3 is 2.71 bits per heavy atom. The molecule has 0 fully saturated rings. The average molecular weight is 307 g/mol. The van der Waals surface area contributed by atoms with Crippen LogP contribution in [0.1, 0.15) is 20.3 Å².